The van der Waals surface area contributed by atoms with E-state index in [1.54, 1.807) is 24.3 Å². The minimum absolute atomic E-state index is 0.117. The third-order valence-corrected chi connectivity index (χ3v) is 6.03. The predicted molar refractivity (Wildman–Crippen MR) is 96.3 cm³/mol. The van der Waals surface area contributed by atoms with Gasteiger partial charge in [0, 0.05) is 51.4 Å². The third-order valence-electron chi connectivity index (χ3n) is 4.09. The van der Waals surface area contributed by atoms with E-state index in [-0.39, 0.29) is 17.7 Å². The van der Waals surface area contributed by atoms with Crippen molar-refractivity contribution < 1.29 is 18.0 Å². The Labute approximate surface area is 148 Å². The highest BCUT2D eigenvalue weighted by atomic mass is 32.2. The van der Waals surface area contributed by atoms with Crippen LogP contribution in [0.5, 0.6) is 0 Å². The maximum absolute atomic E-state index is 12.4. The van der Waals surface area contributed by atoms with Crippen LogP contribution in [0, 0.1) is 5.92 Å². The van der Waals surface area contributed by atoms with Crippen LogP contribution in [0.1, 0.15) is 19.8 Å². The summed E-state index contributed by atoms with van der Waals surface area (Å²) in [5.74, 6) is -0.492. The topological polar surface area (TPSA) is 98.8 Å². The molecule has 0 bridgehead atoms. The number of carbonyl (C=O) groups excluding carboxylic acids is 2. The maximum atomic E-state index is 12.4. The number of nitrogens with one attached hydrogen (secondary N) is 2. The molecule has 0 aliphatic carbocycles. The number of amides is 2. The van der Waals surface area contributed by atoms with Crippen molar-refractivity contribution in [3.8, 4) is 0 Å². The van der Waals surface area contributed by atoms with Crippen molar-refractivity contribution in [3.05, 3.63) is 24.3 Å². The number of nitrogens with zero attached hydrogens (tertiary/aromatic N) is 2. The van der Waals surface area contributed by atoms with E-state index in [1.165, 1.54) is 29.6 Å². The van der Waals surface area contributed by atoms with Gasteiger partial charge in [-0.2, -0.15) is 17.0 Å². The Hall–Kier alpha value is -1.97. The van der Waals surface area contributed by atoms with Gasteiger partial charge in [0.05, 0.1) is 0 Å². The number of carbonyl (C=O) groups is 2. The summed E-state index contributed by atoms with van der Waals surface area (Å²) < 4.78 is 26.8. The van der Waals surface area contributed by atoms with Crippen LogP contribution in [0.2, 0.25) is 0 Å². The van der Waals surface area contributed by atoms with Gasteiger partial charge in [0.25, 0.3) is 10.2 Å². The summed E-state index contributed by atoms with van der Waals surface area (Å²) in [6.07, 6.45) is 0.978. The minimum atomic E-state index is -3.42. The molecule has 2 rings (SSSR count). The van der Waals surface area contributed by atoms with Gasteiger partial charge in [-0.1, -0.05) is 0 Å². The third kappa shape index (κ3) is 5.00. The van der Waals surface area contributed by atoms with E-state index in [2.05, 4.69) is 10.6 Å². The molecule has 0 unspecified atom stereocenters. The molecule has 0 saturated carbocycles. The molecule has 9 heteroatoms. The lowest BCUT2D eigenvalue weighted by atomic mass is 9.97. The molecule has 2 amide bonds. The standard InChI is InChI=1S/C16H24N4O4S/c1-12(21)17-14-4-6-15(7-5-14)18-16(22)13-8-10-20(11-9-13)25(23,24)19(2)3/h4-7,13H,8-11H2,1-3H3,(H,17,21)(H,18,22). The van der Waals surface area contributed by atoms with E-state index in [1.807, 2.05) is 0 Å². The number of hydrogen-bond donors (Lipinski definition) is 2. The fourth-order valence-electron chi connectivity index (χ4n) is 2.66. The molecule has 1 aromatic carbocycles. The van der Waals surface area contributed by atoms with Crippen molar-refractivity contribution in [1.29, 1.82) is 0 Å². The second kappa shape index (κ2) is 7.94. The van der Waals surface area contributed by atoms with Gasteiger partial charge in [-0.3, -0.25) is 9.59 Å². The average Bonchev–Trinajstić information content (AvgIpc) is 2.56. The Bertz CT molecular complexity index is 723. The van der Waals surface area contributed by atoms with Crippen molar-refractivity contribution in [2.75, 3.05) is 37.8 Å². The average molecular weight is 368 g/mol. The molecule has 138 valence electrons. The number of anilines is 2. The van der Waals surface area contributed by atoms with Crippen LogP contribution >= 0.6 is 0 Å². The summed E-state index contributed by atoms with van der Waals surface area (Å²) in [4.78, 5) is 23.4. The Morgan fingerprint density at radius 3 is 1.96 bits per heavy atom. The van der Waals surface area contributed by atoms with Crippen LogP contribution in [-0.2, 0) is 19.8 Å². The van der Waals surface area contributed by atoms with Crippen LogP contribution in [-0.4, -0.2) is 56.0 Å². The molecule has 2 N–H and O–H groups in total. The molecule has 25 heavy (non-hydrogen) atoms. The molecule has 1 aromatic rings. The fraction of sp³-hybridized carbons (Fsp3) is 0.500. The number of rotatable bonds is 5. The van der Waals surface area contributed by atoms with Crippen LogP contribution in [0.3, 0.4) is 0 Å². The summed E-state index contributed by atoms with van der Waals surface area (Å²) >= 11 is 0. The second-order valence-electron chi connectivity index (χ2n) is 6.21. The summed E-state index contributed by atoms with van der Waals surface area (Å²) in [7, 11) is -0.425. The van der Waals surface area contributed by atoms with Gasteiger partial charge in [0.15, 0.2) is 0 Å². The highest BCUT2D eigenvalue weighted by Gasteiger charge is 2.32. The van der Waals surface area contributed by atoms with Crippen molar-refractivity contribution in [3.63, 3.8) is 0 Å². The van der Waals surface area contributed by atoms with Crippen LogP contribution < -0.4 is 10.6 Å². The SMILES string of the molecule is CC(=O)Nc1ccc(NC(=O)C2CCN(S(=O)(=O)N(C)C)CC2)cc1. The highest BCUT2D eigenvalue weighted by molar-refractivity contribution is 7.86. The molecular weight excluding hydrogens is 344 g/mol. The van der Waals surface area contributed by atoms with Crippen LogP contribution in [0.25, 0.3) is 0 Å². The summed E-state index contributed by atoms with van der Waals surface area (Å²) in [6.45, 7) is 2.10. The molecule has 1 saturated heterocycles. The normalized spacial score (nSPS) is 16.6. The first-order chi connectivity index (χ1) is 11.7. The largest absolute Gasteiger partial charge is 0.326 e. The highest BCUT2D eigenvalue weighted by Crippen LogP contribution is 2.22. The second-order valence-corrected chi connectivity index (χ2v) is 8.35. The van der Waals surface area contributed by atoms with Crippen molar-refractivity contribution in [2.24, 2.45) is 5.92 Å². The van der Waals surface area contributed by atoms with Crippen molar-refractivity contribution in [2.45, 2.75) is 19.8 Å². The van der Waals surface area contributed by atoms with Gasteiger partial charge < -0.3 is 10.6 Å². The van der Waals surface area contributed by atoms with Gasteiger partial charge in [0.1, 0.15) is 0 Å². The fourth-order valence-corrected chi connectivity index (χ4v) is 3.80. The molecule has 1 aliphatic rings. The van der Waals surface area contributed by atoms with E-state index in [4.69, 9.17) is 0 Å². The first kappa shape index (κ1) is 19.4. The van der Waals surface area contributed by atoms with Gasteiger partial charge in [0.2, 0.25) is 11.8 Å². The number of benzene rings is 1. The molecule has 1 aliphatic heterocycles. The minimum Gasteiger partial charge on any atom is -0.326 e. The van der Waals surface area contributed by atoms with Gasteiger partial charge in [-0.05, 0) is 37.1 Å². The van der Waals surface area contributed by atoms with E-state index >= 15 is 0 Å². The summed E-state index contributed by atoms with van der Waals surface area (Å²) in [6, 6.07) is 6.86. The Balaban J connectivity index is 1.89. The van der Waals surface area contributed by atoms with Gasteiger partial charge >= 0.3 is 0 Å². The van der Waals surface area contributed by atoms with E-state index in [0.717, 1.165) is 0 Å². The first-order valence-corrected chi connectivity index (χ1v) is 9.46. The Morgan fingerprint density at radius 2 is 1.52 bits per heavy atom. The number of hydrogen-bond acceptors (Lipinski definition) is 4. The zero-order chi connectivity index (χ0) is 18.6. The lowest BCUT2D eigenvalue weighted by Crippen LogP contribution is -2.46. The Morgan fingerprint density at radius 1 is 1.04 bits per heavy atom. The van der Waals surface area contributed by atoms with Crippen molar-refractivity contribution >= 4 is 33.4 Å². The number of piperidine rings is 1. The summed E-state index contributed by atoms with van der Waals surface area (Å²) in [5, 5.41) is 5.50. The Kier molecular flexibility index (Phi) is 6.15. The maximum Gasteiger partial charge on any atom is 0.281 e. The van der Waals surface area contributed by atoms with Crippen LogP contribution in [0.4, 0.5) is 11.4 Å². The monoisotopic (exact) mass is 368 g/mol. The quantitative estimate of drug-likeness (QED) is 0.813. The predicted octanol–water partition coefficient (Wildman–Crippen LogP) is 1.10. The molecule has 0 aromatic heterocycles. The molecule has 1 fully saturated rings. The van der Waals surface area contributed by atoms with Crippen LogP contribution in [0.15, 0.2) is 24.3 Å². The lowest BCUT2D eigenvalue weighted by molar-refractivity contribution is -0.121. The molecule has 8 nitrogen and oxygen atoms in total. The lowest BCUT2D eigenvalue weighted by Gasteiger charge is -2.32. The molecule has 0 radical (unpaired) electrons. The van der Waals surface area contributed by atoms with E-state index in [9.17, 15) is 18.0 Å². The molecule has 0 spiro atoms. The first-order valence-electron chi connectivity index (χ1n) is 8.06. The van der Waals surface area contributed by atoms with E-state index in [0.29, 0.717) is 37.3 Å². The molecular formula is C16H24N4O4S. The van der Waals surface area contributed by atoms with E-state index < -0.39 is 10.2 Å². The van der Waals surface area contributed by atoms with Gasteiger partial charge in [-0.25, -0.2) is 0 Å². The molecule has 0 atom stereocenters. The zero-order valence-electron chi connectivity index (χ0n) is 14.7. The zero-order valence-corrected chi connectivity index (χ0v) is 15.5. The smallest absolute Gasteiger partial charge is 0.281 e. The summed E-state index contributed by atoms with van der Waals surface area (Å²) in [5.41, 5.74) is 1.30. The molecule has 1 heterocycles. The van der Waals surface area contributed by atoms with Gasteiger partial charge in [-0.15, -0.1) is 0 Å². The van der Waals surface area contributed by atoms with Crippen molar-refractivity contribution in [1.82, 2.24) is 8.61 Å².